The number of halogens is 1. The van der Waals surface area contributed by atoms with Gasteiger partial charge in [-0.3, -0.25) is 9.48 Å². The Labute approximate surface area is 185 Å². The maximum Gasteiger partial charge on any atom is 0.277 e. The molecule has 7 nitrogen and oxygen atoms in total. The van der Waals surface area contributed by atoms with Gasteiger partial charge in [0, 0.05) is 23.5 Å². The Morgan fingerprint density at radius 2 is 1.87 bits per heavy atom. The van der Waals surface area contributed by atoms with Gasteiger partial charge in [0.1, 0.15) is 5.75 Å². The number of ether oxygens (including phenoxy) is 1. The largest absolute Gasteiger partial charge is 0.471 e. The first-order valence-corrected chi connectivity index (χ1v) is 10.2. The van der Waals surface area contributed by atoms with Crippen molar-refractivity contribution in [3.05, 3.63) is 94.4 Å². The fraction of sp³-hybridized carbons (Fsp3) is 0.174. The third kappa shape index (κ3) is 5.32. The van der Waals surface area contributed by atoms with Crippen molar-refractivity contribution < 1.29 is 9.53 Å². The second-order valence-electron chi connectivity index (χ2n) is 7.27. The van der Waals surface area contributed by atoms with E-state index >= 15 is 0 Å². The molecular formula is C23H22ClN5O2. The van der Waals surface area contributed by atoms with Crippen LogP contribution in [0.3, 0.4) is 0 Å². The fourth-order valence-corrected chi connectivity index (χ4v) is 3.29. The van der Waals surface area contributed by atoms with E-state index in [1.807, 2.05) is 56.3 Å². The molecule has 2 aromatic carbocycles. The van der Waals surface area contributed by atoms with Crippen molar-refractivity contribution >= 4 is 23.3 Å². The van der Waals surface area contributed by atoms with Crippen LogP contribution in [0, 0.1) is 13.8 Å². The summed E-state index contributed by atoms with van der Waals surface area (Å²) in [5, 5.41) is 12.1. The van der Waals surface area contributed by atoms with Crippen LogP contribution in [0.15, 0.2) is 67.0 Å². The van der Waals surface area contributed by atoms with E-state index in [1.54, 1.807) is 33.9 Å². The van der Waals surface area contributed by atoms with Gasteiger partial charge < -0.3 is 10.1 Å². The first-order chi connectivity index (χ1) is 15.0. The number of anilines is 1. The van der Waals surface area contributed by atoms with Gasteiger partial charge in [-0.05, 0) is 54.8 Å². The molecule has 4 rings (SSSR count). The first kappa shape index (κ1) is 20.7. The summed E-state index contributed by atoms with van der Waals surface area (Å²) in [4.78, 5) is 12.5. The summed E-state index contributed by atoms with van der Waals surface area (Å²) >= 11 is 6.02. The van der Waals surface area contributed by atoms with Crippen LogP contribution in [-0.4, -0.2) is 25.5 Å². The standard InChI is InChI=1S/C23H22ClN5O2/c1-16-6-7-17(2)21(12-16)31-15-29-10-8-20(26-29)23(30)25-22-9-11-28(27-22)14-18-4-3-5-19(24)13-18/h3-13H,14-15H2,1-2H3,(H,25,27,30). The predicted octanol–water partition coefficient (Wildman–Crippen LogP) is 4.69. The maximum absolute atomic E-state index is 12.5. The van der Waals surface area contributed by atoms with Crippen molar-refractivity contribution in [3.8, 4) is 5.75 Å². The second-order valence-corrected chi connectivity index (χ2v) is 7.70. The lowest BCUT2D eigenvalue weighted by Crippen LogP contribution is -2.15. The summed E-state index contributed by atoms with van der Waals surface area (Å²) in [6.07, 6.45) is 3.50. The van der Waals surface area contributed by atoms with Crippen molar-refractivity contribution in [1.29, 1.82) is 0 Å². The molecule has 0 saturated carbocycles. The first-order valence-electron chi connectivity index (χ1n) is 9.79. The lowest BCUT2D eigenvalue weighted by Gasteiger charge is -2.09. The molecule has 0 spiro atoms. The van der Waals surface area contributed by atoms with E-state index in [2.05, 4.69) is 15.5 Å². The maximum atomic E-state index is 12.5. The Hall–Kier alpha value is -3.58. The predicted molar refractivity (Wildman–Crippen MR) is 120 cm³/mol. The zero-order chi connectivity index (χ0) is 21.8. The molecule has 8 heteroatoms. The van der Waals surface area contributed by atoms with Gasteiger partial charge in [-0.25, -0.2) is 4.68 Å². The molecule has 0 atom stereocenters. The van der Waals surface area contributed by atoms with Gasteiger partial charge in [0.05, 0.1) is 6.54 Å². The number of benzene rings is 2. The highest BCUT2D eigenvalue weighted by Gasteiger charge is 2.12. The number of carbonyl (C=O) groups is 1. The van der Waals surface area contributed by atoms with Crippen molar-refractivity contribution in [2.75, 3.05) is 5.32 Å². The topological polar surface area (TPSA) is 74.0 Å². The molecule has 1 N–H and O–H groups in total. The van der Waals surface area contributed by atoms with Crippen molar-refractivity contribution in [2.24, 2.45) is 0 Å². The van der Waals surface area contributed by atoms with Crippen LogP contribution in [0.2, 0.25) is 5.02 Å². The van der Waals surface area contributed by atoms with Gasteiger partial charge in [0.25, 0.3) is 5.91 Å². The fourth-order valence-electron chi connectivity index (χ4n) is 3.07. The summed E-state index contributed by atoms with van der Waals surface area (Å²) < 4.78 is 9.14. The number of hydrogen-bond acceptors (Lipinski definition) is 4. The molecular weight excluding hydrogens is 414 g/mol. The number of aryl methyl sites for hydroxylation is 2. The van der Waals surface area contributed by atoms with Gasteiger partial charge in [-0.15, -0.1) is 0 Å². The molecule has 0 bridgehead atoms. The minimum atomic E-state index is -0.335. The highest BCUT2D eigenvalue weighted by Crippen LogP contribution is 2.19. The van der Waals surface area contributed by atoms with Crippen LogP contribution >= 0.6 is 11.6 Å². The summed E-state index contributed by atoms with van der Waals surface area (Å²) in [6.45, 7) is 4.77. The third-order valence-corrected chi connectivity index (χ3v) is 4.92. The number of amides is 1. The van der Waals surface area contributed by atoms with Crippen LogP contribution in [-0.2, 0) is 13.3 Å². The molecule has 0 saturated heterocycles. The summed E-state index contributed by atoms with van der Waals surface area (Å²) in [7, 11) is 0. The number of rotatable bonds is 7. The molecule has 2 aromatic heterocycles. The molecule has 0 aliphatic carbocycles. The lowest BCUT2D eigenvalue weighted by atomic mass is 10.1. The second kappa shape index (κ2) is 9.06. The minimum Gasteiger partial charge on any atom is -0.471 e. The minimum absolute atomic E-state index is 0.214. The summed E-state index contributed by atoms with van der Waals surface area (Å²) in [5.41, 5.74) is 3.48. The van der Waals surface area contributed by atoms with Gasteiger partial charge in [0.15, 0.2) is 18.2 Å². The van der Waals surface area contributed by atoms with Crippen LogP contribution < -0.4 is 10.1 Å². The number of nitrogens with one attached hydrogen (secondary N) is 1. The van der Waals surface area contributed by atoms with E-state index in [0.29, 0.717) is 17.4 Å². The summed E-state index contributed by atoms with van der Waals surface area (Å²) in [5.74, 6) is 0.915. The number of carbonyl (C=O) groups excluding carboxylic acids is 1. The Morgan fingerprint density at radius 1 is 1.03 bits per heavy atom. The van der Waals surface area contributed by atoms with Crippen molar-refractivity contribution in [3.63, 3.8) is 0 Å². The Morgan fingerprint density at radius 3 is 2.71 bits per heavy atom. The van der Waals surface area contributed by atoms with Crippen LogP contribution in [0.25, 0.3) is 0 Å². The molecule has 0 aliphatic rings. The number of hydrogen-bond donors (Lipinski definition) is 1. The molecule has 4 aromatic rings. The molecule has 31 heavy (non-hydrogen) atoms. The Bertz CT molecular complexity index is 1210. The molecule has 0 aliphatic heterocycles. The molecule has 0 unspecified atom stereocenters. The van der Waals surface area contributed by atoms with Gasteiger partial charge in [-0.2, -0.15) is 10.2 Å². The molecule has 158 valence electrons. The van der Waals surface area contributed by atoms with E-state index in [-0.39, 0.29) is 18.3 Å². The highest BCUT2D eigenvalue weighted by molar-refractivity contribution is 6.30. The Balaban J connectivity index is 1.35. The van der Waals surface area contributed by atoms with Gasteiger partial charge in [0.2, 0.25) is 0 Å². The average molecular weight is 436 g/mol. The van der Waals surface area contributed by atoms with Gasteiger partial charge in [-0.1, -0.05) is 35.9 Å². The van der Waals surface area contributed by atoms with Crippen molar-refractivity contribution in [1.82, 2.24) is 19.6 Å². The highest BCUT2D eigenvalue weighted by atomic mass is 35.5. The van der Waals surface area contributed by atoms with Crippen LogP contribution in [0.1, 0.15) is 27.2 Å². The normalized spacial score (nSPS) is 10.8. The monoisotopic (exact) mass is 435 g/mol. The molecule has 1 amide bonds. The number of aromatic nitrogens is 4. The van der Waals surface area contributed by atoms with Crippen molar-refractivity contribution in [2.45, 2.75) is 27.1 Å². The van der Waals surface area contributed by atoms with E-state index in [4.69, 9.17) is 16.3 Å². The third-order valence-electron chi connectivity index (χ3n) is 4.69. The van der Waals surface area contributed by atoms with E-state index in [0.717, 1.165) is 22.4 Å². The molecule has 0 fully saturated rings. The van der Waals surface area contributed by atoms with Gasteiger partial charge >= 0.3 is 0 Å². The average Bonchev–Trinajstić information content (AvgIpc) is 3.38. The quantitative estimate of drug-likeness (QED) is 0.457. The van der Waals surface area contributed by atoms with Crippen LogP contribution in [0.5, 0.6) is 5.75 Å². The Kier molecular flexibility index (Phi) is 6.04. The molecule has 2 heterocycles. The molecule has 0 radical (unpaired) electrons. The smallest absolute Gasteiger partial charge is 0.277 e. The van der Waals surface area contributed by atoms with E-state index < -0.39 is 0 Å². The zero-order valence-corrected chi connectivity index (χ0v) is 18.0. The van der Waals surface area contributed by atoms with E-state index in [1.165, 1.54) is 0 Å². The SMILES string of the molecule is Cc1ccc(C)c(OCn2ccc(C(=O)Nc3ccn(Cc4cccc(Cl)c4)n3)n2)c1. The van der Waals surface area contributed by atoms with Crippen LogP contribution in [0.4, 0.5) is 5.82 Å². The summed E-state index contributed by atoms with van der Waals surface area (Å²) in [6, 6.07) is 17.0. The lowest BCUT2D eigenvalue weighted by molar-refractivity contribution is 0.101. The van der Waals surface area contributed by atoms with E-state index in [9.17, 15) is 4.79 Å². The zero-order valence-electron chi connectivity index (χ0n) is 17.2. The number of nitrogens with zero attached hydrogens (tertiary/aromatic N) is 4.